The van der Waals surface area contributed by atoms with Crippen molar-refractivity contribution in [1.82, 2.24) is 9.78 Å². The van der Waals surface area contributed by atoms with E-state index in [1.54, 1.807) is 25.2 Å². The molecule has 0 radical (unpaired) electrons. The van der Waals surface area contributed by atoms with Gasteiger partial charge in [-0.25, -0.2) is 8.42 Å². The Morgan fingerprint density at radius 1 is 1.33 bits per heavy atom. The number of fused-ring (bicyclic) bond motifs is 1. The van der Waals surface area contributed by atoms with Crippen LogP contribution in [0.25, 0.3) is 0 Å². The largest absolute Gasteiger partial charge is 0.385 e. The molecule has 6 nitrogen and oxygen atoms in total. The molecule has 0 saturated heterocycles. The highest BCUT2D eigenvalue weighted by molar-refractivity contribution is 7.92. The van der Waals surface area contributed by atoms with Gasteiger partial charge in [0.25, 0.3) is 10.0 Å². The fourth-order valence-electron chi connectivity index (χ4n) is 2.51. The first kappa shape index (κ1) is 13.9. The van der Waals surface area contributed by atoms with E-state index in [1.807, 2.05) is 13.0 Å². The second kappa shape index (κ2) is 5.07. The van der Waals surface area contributed by atoms with Crippen LogP contribution >= 0.6 is 0 Å². The Morgan fingerprint density at radius 3 is 2.86 bits per heavy atom. The summed E-state index contributed by atoms with van der Waals surface area (Å²) in [5.74, 6) is 0.457. The first-order valence-electron chi connectivity index (χ1n) is 6.86. The van der Waals surface area contributed by atoms with Crippen LogP contribution in [0, 0.1) is 6.92 Å². The third kappa shape index (κ3) is 2.73. The summed E-state index contributed by atoms with van der Waals surface area (Å²) >= 11 is 0. The number of aryl methyl sites for hydroxylation is 3. The van der Waals surface area contributed by atoms with Gasteiger partial charge in [0.15, 0.2) is 0 Å². The molecule has 0 atom stereocenters. The van der Waals surface area contributed by atoms with Crippen molar-refractivity contribution < 1.29 is 8.42 Å². The average molecular weight is 306 g/mol. The molecule has 3 rings (SSSR count). The lowest BCUT2D eigenvalue weighted by atomic mass is 10.0. The standard InChI is InChI=1S/C14H18N4O2S/c1-10-8-14(18(2)16-10)17-21(19,20)12-6-5-11-4-3-7-15-13(11)9-12/h5-6,8-9,15,17H,3-4,7H2,1-2H3. The van der Waals surface area contributed by atoms with Crippen LogP contribution in [0.4, 0.5) is 11.5 Å². The molecule has 112 valence electrons. The fraction of sp³-hybridized carbons (Fsp3) is 0.357. The van der Waals surface area contributed by atoms with Gasteiger partial charge in [-0.2, -0.15) is 5.10 Å². The van der Waals surface area contributed by atoms with Crippen LogP contribution in [-0.2, 0) is 23.5 Å². The molecule has 0 fully saturated rings. The second-order valence-electron chi connectivity index (χ2n) is 5.25. The molecule has 1 aromatic heterocycles. The van der Waals surface area contributed by atoms with Crippen molar-refractivity contribution in [3.63, 3.8) is 0 Å². The van der Waals surface area contributed by atoms with Gasteiger partial charge >= 0.3 is 0 Å². The van der Waals surface area contributed by atoms with Crippen molar-refractivity contribution in [3.8, 4) is 0 Å². The summed E-state index contributed by atoms with van der Waals surface area (Å²) < 4.78 is 29.0. The Labute approximate surface area is 124 Å². The molecule has 1 aromatic carbocycles. The average Bonchev–Trinajstić information content (AvgIpc) is 2.75. The minimum absolute atomic E-state index is 0.259. The van der Waals surface area contributed by atoms with Crippen LogP contribution in [0.2, 0.25) is 0 Å². The van der Waals surface area contributed by atoms with E-state index >= 15 is 0 Å². The van der Waals surface area contributed by atoms with E-state index in [9.17, 15) is 8.42 Å². The van der Waals surface area contributed by atoms with Gasteiger partial charge in [-0.3, -0.25) is 9.40 Å². The van der Waals surface area contributed by atoms with Crippen LogP contribution in [-0.4, -0.2) is 24.7 Å². The predicted octanol–water partition coefficient (Wildman–Crippen LogP) is 1.89. The van der Waals surface area contributed by atoms with Gasteiger partial charge in [0.2, 0.25) is 0 Å². The van der Waals surface area contributed by atoms with Crippen molar-refractivity contribution in [2.75, 3.05) is 16.6 Å². The molecule has 0 saturated carbocycles. The smallest absolute Gasteiger partial charge is 0.263 e. The van der Waals surface area contributed by atoms with Crippen molar-refractivity contribution in [2.45, 2.75) is 24.7 Å². The Morgan fingerprint density at radius 2 is 2.14 bits per heavy atom. The minimum Gasteiger partial charge on any atom is -0.385 e. The van der Waals surface area contributed by atoms with Crippen LogP contribution in [0.15, 0.2) is 29.2 Å². The molecule has 7 heteroatoms. The number of nitrogens with zero attached hydrogens (tertiary/aromatic N) is 2. The Hall–Kier alpha value is -2.02. The van der Waals surface area contributed by atoms with Gasteiger partial charge in [0, 0.05) is 25.3 Å². The fourth-order valence-corrected chi connectivity index (χ4v) is 3.61. The molecule has 1 aliphatic heterocycles. The maximum atomic E-state index is 12.5. The highest BCUT2D eigenvalue weighted by Gasteiger charge is 2.19. The SMILES string of the molecule is Cc1cc(NS(=O)(=O)c2ccc3c(c2)NCCC3)n(C)n1. The molecular weight excluding hydrogens is 288 g/mol. The first-order valence-corrected chi connectivity index (χ1v) is 8.34. The summed E-state index contributed by atoms with van der Waals surface area (Å²) in [4.78, 5) is 0.259. The molecule has 0 bridgehead atoms. The van der Waals surface area contributed by atoms with E-state index in [2.05, 4.69) is 15.1 Å². The van der Waals surface area contributed by atoms with E-state index in [-0.39, 0.29) is 4.90 Å². The van der Waals surface area contributed by atoms with Crippen LogP contribution in [0.1, 0.15) is 17.7 Å². The molecule has 0 amide bonds. The number of sulfonamides is 1. The molecule has 2 heterocycles. The first-order chi connectivity index (χ1) is 9.95. The quantitative estimate of drug-likeness (QED) is 0.908. The third-order valence-electron chi connectivity index (χ3n) is 3.57. The summed E-state index contributed by atoms with van der Waals surface area (Å²) in [5, 5.41) is 7.38. The maximum absolute atomic E-state index is 12.5. The monoisotopic (exact) mass is 306 g/mol. The molecule has 2 aromatic rings. The number of hydrogen-bond acceptors (Lipinski definition) is 4. The van der Waals surface area contributed by atoms with E-state index in [1.165, 1.54) is 4.68 Å². The van der Waals surface area contributed by atoms with Crippen molar-refractivity contribution in [1.29, 1.82) is 0 Å². The van der Waals surface area contributed by atoms with E-state index in [0.29, 0.717) is 5.82 Å². The zero-order chi connectivity index (χ0) is 15.0. The molecule has 21 heavy (non-hydrogen) atoms. The van der Waals surface area contributed by atoms with Crippen molar-refractivity contribution in [2.24, 2.45) is 7.05 Å². The van der Waals surface area contributed by atoms with E-state index in [4.69, 9.17) is 0 Å². The van der Waals surface area contributed by atoms with Crippen LogP contribution < -0.4 is 10.0 Å². The lowest BCUT2D eigenvalue weighted by Gasteiger charge is -2.18. The van der Waals surface area contributed by atoms with E-state index < -0.39 is 10.0 Å². The lowest BCUT2D eigenvalue weighted by molar-refractivity contribution is 0.600. The van der Waals surface area contributed by atoms with Gasteiger partial charge in [-0.1, -0.05) is 6.07 Å². The highest BCUT2D eigenvalue weighted by atomic mass is 32.2. The zero-order valence-electron chi connectivity index (χ0n) is 12.0. The third-order valence-corrected chi connectivity index (χ3v) is 4.92. The molecule has 0 unspecified atom stereocenters. The van der Waals surface area contributed by atoms with Gasteiger partial charge in [0.05, 0.1) is 10.6 Å². The van der Waals surface area contributed by atoms with Gasteiger partial charge in [-0.15, -0.1) is 0 Å². The molecule has 0 spiro atoms. The summed E-state index contributed by atoms with van der Waals surface area (Å²) in [6, 6.07) is 6.93. The lowest BCUT2D eigenvalue weighted by Crippen LogP contribution is -2.17. The van der Waals surface area contributed by atoms with Crippen LogP contribution in [0.5, 0.6) is 0 Å². The number of benzene rings is 1. The van der Waals surface area contributed by atoms with Crippen molar-refractivity contribution >= 4 is 21.5 Å². The Kier molecular flexibility index (Phi) is 3.36. The van der Waals surface area contributed by atoms with Gasteiger partial charge in [0.1, 0.15) is 5.82 Å². The van der Waals surface area contributed by atoms with Crippen LogP contribution in [0.3, 0.4) is 0 Å². The predicted molar refractivity (Wildman–Crippen MR) is 82.0 cm³/mol. The molecule has 2 N–H and O–H groups in total. The topological polar surface area (TPSA) is 76.0 Å². The second-order valence-corrected chi connectivity index (χ2v) is 6.93. The molecule has 0 aliphatic carbocycles. The number of hydrogen-bond donors (Lipinski definition) is 2. The molecular formula is C14H18N4O2S. The van der Waals surface area contributed by atoms with E-state index in [0.717, 1.165) is 36.3 Å². The Balaban J connectivity index is 1.93. The molecule has 1 aliphatic rings. The summed E-state index contributed by atoms with van der Waals surface area (Å²) in [7, 11) is -1.90. The van der Waals surface area contributed by atoms with Crippen molar-refractivity contribution in [3.05, 3.63) is 35.5 Å². The highest BCUT2D eigenvalue weighted by Crippen LogP contribution is 2.26. The normalized spacial score (nSPS) is 14.4. The summed E-state index contributed by atoms with van der Waals surface area (Å²) in [5.41, 5.74) is 2.84. The number of anilines is 2. The Bertz CT molecular complexity index is 780. The van der Waals surface area contributed by atoms with Gasteiger partial charge in [-0.05, 0) is 37.5 Å². The number of rotatable bonds is 3. The zero-order valence-corrected chi connectivity index (χ0v) is 12.9. The number of aromatic nitrogens is 2. The van der Waals surface area contributed by atoms with Gasteiger partial charge < -0.3 is 5.32 Å². The summed E-state index contributed by atoms with van der Waals surface area (Å²) in [6.45, 7) is 2.70. The number of nitrogens with one attached hydrogen (secondary N) is 2. The summed E-state index contributed by atoms with van der Waals surface area (Å²) in [6.07, 6.45) is 2.06. The minimum atomic E-state index is -3.61. The maximum Gasteiger partial charge on any atom is 0.263 e.